The molecule has 1 aliphatic carbocycles. The van der Waals surface area contributed by atoms with Crippen LogP contribution in [0.4, 0.5) is 0 Å². The van der Waals surface area contributed by atoms with Crippen molar-refractivity contribution < 1.29 is 24.2 Å². The van der Waals surface area contributed by atoms with Gasteiger partial charge in [-0.2, -0.15) is 0 Å². The number of carbonyl (C=O) groups excluding carboxylic acids is 2. The molecule has 2 aromatic rings. The first kappa shape index (κ1) is 21.9. The zero-order valence-electron chi connectivity index (χ0n) is 18.5. The summed E-state index contributed by atoms with van der Waals surface area (Å²) in [5.41, 5.74) is 1.31. The molecule has 2 aromatic carbocycles. The number of benzene rings is 2. The number of ether oxygens (including phenoxy) is 2. The van der Waals surface area contributed by atoms with Gasteiger partial charge in [0.05, 0.1) is 25.3 Å². The summed E-state index contributed by atoms with van der Waals surface area (Å²) in [4.78, 5) is 28.2. The topological polar surface area (TPSA) is 76.1 Å². The fraction of sp³-hybridized carbons (Fsp3) is 0.385. The van der Waals surface area contributed by atoms with Crippen molar-refractivity contribution in [3.8, 4) is 11.5 Å². The van der Waals surface area contributed by atoms with Crippen LogP contribution in [-0.2, 0) is 9.59 Å². The smallest absolute Gasteiger partial charge is 0.295 e. The molecule has 2 fully saturated rings. The standard InChI is InChI=1S/C26H29NO5/c1-3-32-21-14-7-9-17(15-21)23-22(24(28)18-10-8-13-20(16-18)31-2)25(29)26(30)27(23)19-11-5-4-6-12-19/h7-10,13-16,19,23,28H,3-6,11-12H2,1-2H3/b24-22-. The van der Waals surface area contributed by atoms with Crippen molar-refractivity contribution in [3.63, 3.8) is 0 Å². The number of amides is 1. The lowest BCUT2D eigenvalue weighted by Gasteiger charge is -2.35. The van der Waals surface area contributed by atoms with Crippen LogP contribution in [0.5, 0.6) is 11.5 Å². The minimum Gasteiger partial charge on any atom is -0.507 e. The maximum atomic E-state index is 13.3. The Balaban J connectivity index is 1.87. The van der Waals surface area contributed by atoms with Gasteiger partial charge in [0.25, 0.3) is 11.7 Å². The minimum atomic E-state index is -0.662. The molecule has 0 bridgehead atoms. The Morgan fingerprint density at radius 1 is 1.03 bits per heavy atom. The van der Waals surface area contributed by atoms with Crippen molar-refractivity contribution in [1.82, 2.24) is 4.90 Å². The third-order valence-corrected chi connectivity index (χ3v) is 6.28. The molecule has 1 saturated carbocycles. The van der Waals surface area contributed by atoms with Gasteiger partial charge in [0.1, 0.15) is 17.3 Å². The predicted octanol–water partition coefficient (Wildman–Crippen LogP) is 4.85. The van der Waals surface area contributed by atoms with Crippen LogP contribution in [-0.4, -0.2) is 41.5 Å². The first-order valence-electron chi connectivity index (χ1n) is 11.2. The molecule has 4 rings (SSSR count). The van der Waals surface area contributed by atoms with Gasteiger partial charge in [-0.25, -0.2) is 0 Å². The highest BCUT2D eigenvalue weighted by atomic mass is 16.5. The lowest BCUT2D eigenvalue weighted by molar-refractivity contribution is -0.141. The van der Waals surface area contributed by atoms with Crippen LogP contribution in [0, 0.1) is 0 Å². The van der Waals surface area contributed by atoms with E-state index in [1.54, 1.807) is 36.3 Å². The molecule has 6 heteroatoms. The summed E-state index contributed by atoms with van der Waals surface area (Å²) < 4.78 is 10.9. The third kappa shape index (κ3) is 4.09. The second-order valence-electron chi connectivity index (χ2n) is 8.24. The summed E-state index contributed by atoms with van der Waals surface area (Å²) in [7, 11) is 1.54. The van der Waals surface area contributed by atoms with Crippen molar-refractivity contribution in [2.45, 2.75) is 51.1 Å². The summed E-state index contributed by atoms with van der Waals surface area (Å²) in [5.74, 6) is -0.158. The van der Waals surface area contributed by atoms with E-state index in [1.165, 1.54) is 0 Å². The molecule has 2 aliphatic rings. The first-order valence-corrected chi connectivity index (χ1v) is 11.2. The van der Waals surface area contributed by atoms with Crippen LogP contribution in [0.1, 0.15) is 56.2 Å². The molecule has 32 heavy (non-hydrogen) atoms. The first-order chi connectivity index (χ1) is 15.5. The van der Waals surface area contributed by atoms with Crippen LogP contribution in [0.2, 0.25) is 0 Å². The van der Waals surface area contributed by atoms with Gasteiger partial charge >= 0.3 is 0 Å². The van der Waals surface area contributed by atoms with Crippen LogP contribution in [0.15, 0.2) is 54.1 Å². The maximum absolute atomic E-state index is 13.3. The average molecular weight is 436 g/mol. The molecular formula is C26H29NO5. The molecule has 1 aliphatic heterocycles. The molecule has 0 spiro atoms. The molecule has 1 heterocycles. The molecule has 1 atom stereocenters. The van der Waals surface area contributed by atoms with Crippen LogP contribution in [0.3, 0.4) is 0 Å². The lowest BCUT2D eigenvalue weighted by Crippen LogP contribution is -2.40. The fourth-order valence-electron chi connectivity index (χ4n) is 4.78. The molecule has 1 amide bonds. The number of ketones is 1. The van der Waals surface area contributed by atoms with Crippen molar-refractivity contribution in [2.75, 3.05) is 13.7 Å². The average Bonchev–Trinajstić information content (AvgIpc) is 3.10. The van der Waals surface area contributed by atoms with E-state index < -0.39 is 17.7 Å². The van der Waals surface area contributed by atoms with Gasteiger partial charge in [-0.15, -0.1) is 0 Å². The van der Waals surface area contributed by atoms with Crippen molar-refractivity contribution in [1.29, 1.82) is 0 Å². The van der Waals surface area contributed by atoms with E-state index in [0.29, 0.717) is 23.7 Å². The van der Waals surface area contributed by atoms with Crippen LogP contribution < -0.4 is 9.47 Å². The summed E-state index contributed by atoms with van der Waals surface area (Å²) >= 11 is 0. The number of Topliss-reactive ketones (excluding diaryl/α,β-unsaturated/α-hetero) is 1. The van der Waals surface area contributed by atoms with Gasteiger partial charge in [-0.05, 0) is 49.6 Å². The molecule has 1 saturated heterocycles. The number of aliphatic hydroxyl groups is 1. The van der Waals surface area contributed by atoms with Gasteiger partial charge < -0.3 is 19.5 Å². The lowest BCUT2D eigenvalue weighted by atomic mass is 9.91. The zero-order valence-corrected chi connectivity index (χ0v) is 18.5. The quantitative estimate of drug-likeness (QED) is 0.399. The Labute approximate surface area is 188 Å². The van der Waals surface area contributed by atoms with Crippen LogP contribution >= 0.6 is 0 Å². The number of rotatable bonds is 6. The van der Waals surface area contributed by atoms with Gasteiger partial charge in [0.2, 0.25) is 0 Å². The van der Waals surface area contributed by atoms with E-state index in [9.17, 15) is 14.7 Å². The number of aliphatic hydroxyl groups excluding tert-OH is 1. The van der Waals surface area contributed by atoms with E-state index in [-0.39, 0.29) is 17.4 Å². The zero-order chi connectivity index (χ0) is 22.7. The van der Waals surface area contributed by atoms with Gasteiger partial charge in [0.15, 0.2) is 0 Å². The van der Waals surface area contributed by atoms with Gasteiger partial charge in [0, 0.05) is 11.6 Å². The van der Waals surface area contributed by atoms with Gasteiger partial charge in [-0.1, -0.05) is 43.5 Å². The van der Waals surface area contributed by atoms with Crippen molar-refractivity contribution >= 4 is 17.4 Å². The number of likely N-dealkylation sites (tertiary alicyclic amines) is 1. The maximum Gasteiger partial charge on any atom is 0.295 e. The van der Waals surface area contributed by atoms with Crippen LogP contribution in [0.25, 0.3) is 5.76 Å². The van der Waals surface area contributed by atoms with E-state index in [0.717, 1.165) is 37.7 Å². The number of carbonyl (C=O) groups is 2. The summed E-state index contributed by atoms with van der Waals surface area (Å²) in [6.45, 7) is 2.42. The van der Waals surface area contributed by atoms with Crippen molar-refractivity contribution in [3.05, 3.63) is 65.2 Å². The summed E-state index contributed by atoms with van der Waals surface area (Å²) in [6, 6.07) is 13.6. The van der Waals surface area contributed by atoms with E-state index in [2.05, 4.69) is 0 Å². The number of hydrogen-bond donors (Lipinski definition) is 1. The minimum absolute atomic E-state index is 0.0310. The molecule has 0 radical (unpaired) electrons. The highest BCUT2D eigenvalue weighted by Gasteiger charge is 2.49. The summed E-state index contributed by atoms with van der Waals surface area (Å²) in [5, 5.41) is 11.2. The third-order valence-electron chi connectivity index (χ3n) is 6.28. The molecule has 1 unspecified atom stereocenters. The molecule has 6 nitrogen and oxygen atoms in total. The molecular weight excluding hydrogens is 406 g/mol. The highest BCUT2D eigenvalue weighted by molar-refractivity contribution is 6.46. The Bertz CT molecular complexity index is 1040. The van der Waals surface area contributed by atoms with Gasteiger partial charge in [-0.3, -0.25) is 9.59 Å². The van der Waals surface area contributed by atoms with Crippen molar-refractivity contribution in [2.24, 2.45) is 0 Å². The Morgan fingerprint density at radius 2 is 1.75 bits per heavy atom. The second kappa shape index (κ2) is 9.47. The monoisotopic (exact) mass is 435 g/mol. The molecule has 0 aromatic heterocycles. The normalized spacial score (nSPS) is 21.1. The number of hydrogen-bond acceptors (Lipinski definition) is 5. The Hall–Kier alpha value is -3.28. The number of nitrogens with zero attached hydrogens (tertiary/aromatic N) is 1. The second-order valence-corrected chi connectivity index (χ2v) is 8.24. The van der Waals surface area contributed by atoms with E-state index in [4.69, 9.17) is 9.47 Å². The molecule has 168 valence electrons. The SMILES string of the molecule is CCOc1cccc(C2/C(=C(/O)c3cccc(OC)c3)C(=O)C(=O)N2C2CCCCC2)c1. The predicted molar refractivity (Wildman–Crippen MR) is 122 cm³/mol. The van der Waals surface area contributed by atoms with E-state index >= 15 is 0 Å². The largest absolute Gasteiger partial charge is 0.507 e. The molecule has 1 N–H and O–H groups in total. The highest BCUT2D eigenvalue weighted by Crippen LogP contribution is 2.43. The number of methoxy groups -OCH3 is 1. The Kier molecular flexibility index (Phi) is 6.49. The van der Waals surface area contributed by atoms with E-state index in [1.807, 2.05) is 31.2 Å². The Morgan fingerprint density at radius 3 is 2.47 bits per heavy atom. The summed E-state index contributed by atoms with van der Waals surface area (Å²) in [6.07, 6.45) is 4.89. The fourth-order valence-corrected chi connectivity index (χ4v) is 4.78.